The highest BCUT2D eigenvalue weighted by atomic mass is 16.5. The molecule has 0 heterocycles. The lowest BCUT2D eigenvalue weighted by atomic mass is 9.47. The van der Waals surface area contributed by atoms with E-state index in [9.17, 15) is 0 Å². The quantitative estimate of drug-likeness (QED) is 0.250. The van der Waals surface area contributed by atoms with E-state index in [1.807, 2.05) is 0 Å². The van der Waals surface area contributed by atoms with Crippen molar-refractivity contribution in [3.8, 4) is 0 Å². The second-order valence-electron chi connectivity index (χ2n) is 13.4. The van der Waals surface area contributed by atoms with Gasteiger partial charge in [-0.05, 0) is 97.7 Å². The molecule has 0 amide bonds. The van der Waals surface area contributed by atoms with Crippen LogP contribution >= 0.6 is 0 Å². The Hall–Kier alpha value is -0.380. The highest BCUT2D eigenvalue weighted by Crippen LogP contribution is 2.67. The summed E-state index contributed by atoms with van der Waals surface area (Å²) in [4.78, 5) is 0. The van der Waals surface area contributed by atoms with Crippen LogP contribution in [0.5, 0.6) is 0 Å². The molecule has 0 spiro atoms. The summed E-state index contributed by atoms with van der Waals surface area (Å²) >= 11 is 0. The highest BCUT2D eigenvalue weighted by molar-refractivity contribution is 5.25. The van der Waals surface area contributed by atoms with Crippen molar-refractivity contribution in [3.05, 3.63) is 11.6 Å². The predicted molar refractivity (Wildman–Crippen MR) is 141 cm³/mol. The van der Waals surface area contributed by atoms with Gasteiger partial charge in [0.05, 0.1) is 32.5 Å². The lowest BCUT2D eigenvalue weighted by Crippen LogP contribution is -2.51. The Morgan fingerprint density at radius 2 is 1.79 bits per heavy atom. The van der Waals surface area contributed by atoms with E-state index in [1.165, 1.54) is 64.2 Å². The Bertz CT molecular complexity index is 686. The van der Waals surface area contributed by atoms with Crippen molar-refractivity contribution in [1.29, 1.82) is 0 Å². The molecule has 1 N–H and O–H groups in total. The van der Waals surface area contributed by atoms with Gasteiger partial charge in [0.25, 0.3) is 0 Å². The van der Waals surface area contributed by atoms with Gasteiger partial charge in [-0.2, -0.15) is 0 Å². The zero-order chi connectivity index (χ0) is 24.3. The molecule has 34 heavy (non-hydrogen) atoms. The molecule has 4 aliphatic rings. The van der Waals surface area contributed by atoms with Crippen molar-refractivity contribution < 1.29 is 14.6 Å². The summed E-state index contributed by atoms with van der Waals surface area (Å²) in [5, 5.41) is 8.86. The van der Waals surface area contributed by atoms with Crippen molar-refractivity contribution in [1.82, 2.24) is 0 Å². The maximum atomic E-state index is 8.86. The van der Waals surface area contributed by atoms with Gasteiger partial charge in [-0.15, -0.1) is 0 Å². The largest absolute Gasteiger partial charge is 0.394 e. The van der Waals surface area contributed by atoms with Crippen molar-refractivity contribution in [2.45, 2.75) is 111 Å². The number of hydrogen-bond donors (Lipinski definition) is 1. The lowest BCUT2D eigenvalue weighted by Gasteiger charge is -2.58. The average Bonchev–Trinajstić information content (AvgIpc) is 3.16. The van der Waals surface area contributed by atoms with E-state index in [4.69, 9.17) is 14.6 Å². The maximum Gasteiger partial charge on any atom is 0.0704 e. The van der Waals surface area contributed by atoms with Crippen LogP contribution in [0.25, 0.3) is 0 Å². The fourth-order valence-electron chi connectivity index (χ4n) is 9.23. The minimum atomic E-state index is 0.0923. The molecular weight excluding hydrogens is 420 g/mol. The second kappa shape index (κ2) is 11.3. The SMILES string of the molecule is CC(C)CCCC(C)C1CCC2C3CC=C4C[C@@H](OCCOCCO)CC[C@]4(C)C3CC[C@]12C. The van der Waals surface area contributed by atoms with Gasteiger partial charge in [-0.3, -0.25) is 0 Å². The molecule has 3 nitrogen and oxygen atoms in total. The van der Waals surface area contributed by atoms with Crippen LogP contribution in [0.15, 0.2) is 11.6 Å². The van der Waals surface area contributed by atoms with E-state index < -0.39 is 0 Å². The first-order chi connectivity index (χ1) is 16.3. The van der Waals surface area contributed by atoms with Gasteiger partial charge in [-0.1, -0.05) is 65.5 Å². The third-order valence-electron chi connectivity index (χ3n) is 11.1. The molecule has 0 bridgehead atoms. The molecule has 3 saturated carbocycles. The Morgan fingerprint density at radius 1 is 0.971 bits per heavy atom. The maximum absolute atomic E-state index is 8.86. The van der Waals surface area contributed by atoms with E-state index in [0.29, 0.717) is 36.8 Å². The van der Waals surface area contributed by atoms with Crippen LogP contribution < -0.4 is 0 Å². The fourth-order valence-corrected chi connectivity index (χ4v) is 9.23. The fraction of sp³-hybridized carbons (Fsp3) is 0.935. The van der Waals surface area contributed by atoms with Gasteiger partial charge in [0.2, 0.25) is 0 Å². The Labute approximate surface area is 210 Å². The first-order valence-corrected chi connectivity index (χ1v) is 14.8. The number of ether oxygens (including phenoxy) is 2. The van der Waals surface area contributed by atoms with Crippen LogP contribution in [0.3, 0.4) is 0 Å². The van der Waals surface area contributed by atoms with Crippen molar-refractivity contribution in [2.24, 2.45) is 46.3 Å². The van der Waals surface area contributed by atoms with E-state index in [0.717, 1.165) is 41.9 Å². The topological polar surface area (TPSA) is 38.7 Å². The van der Waals surface area contributed by atoms with Crippen molar-refractivity contribution in [3.63, 3.8) is 0 Å². The molecular formula is C31H54O3. The molecule has 3 fully saturated rings. The van der Waals surface area contributed by atoms with Crippen LogP contribution in [-0.2, 0) is 9.47 Å². The smallest absolute Gasteiger partial charge is 0.0704 e. The van der Waals surface area contributed by atoms with Crippen LogP contribution in [0, 0.1) is 46.3 Å². The minimum Gasteiger partial charge on any atom is -0.394 e. The van der Waals surface area contributed by atoms with E-state index in [-0.39, 0.29) is 6.61 Å². The third kappa shape index (κ3) is 5.32. The zero-order valence-corrected chi connectivity index (χ0v) is 23.0. The number of rotatable bonds is 11. The van der Waals surface area contributed by atoms with Gasteiger partial charge in [-0.25, -0.2) is 0 Å². The van der Waals surface area contributed by atoms with Gasteiger partial charge >= 0.3 is 0 Å². The zero-order valence-electron chi connectivity index (χ0n) is 23.0. The number of hydrogen-bond acceptors (Lipinski definition) is 3. The van der Waals surface area contributed by atoms with Crippen LogP contribution in [0.2, 0.25) is 0 Å². The molecule has 0 radical (unpaired) electrons. The molecule has 4 rings (SSSR count). The molecule has 0 saturated heterocycles. The standard InChI is InChI=1S/C31H54O3/c1-22(2)7-6-8-23(3)27-11-12-28-26-10-9-24-21-25(34-20-19-33-18-17-32)13-15-30(24,4)29(26)14-16-31(27,28)5/h9,22-23,25-29,32H,6-8,10-21H2,1-5H3/t23?,25-,26?,27?,28?,29?,30-,31+/m0/s1. The summed E-state index contributed by atoms with van der Waals surface area (Å²) < 4.78 is 11.6. The van der Waals surface area contributed by atoms with Crippen LogP contribution in [0.1, 0.15) is 105 Å². The minimum absolute atomic E-state index is 0.0923. The molecule has 4 aliphatic carbocycles. The highest BCUT2D eigenvalue weighted by Gasteiger charge is 2.59. The van der Waals surface area contributed by atoms with Crippen LogP contribution in [-0.4, -0.2) is 37.6 Å². The van der Waals surface area contributed by atoms with Crippen LogP contribution in [0.4, 0.5) is 0 Å². The lowest BCUT2D eigenvalue weighted by molar-refractivity contribution is -0.0683. The molecule has 8 atom stereocenters. The molecule has 5 unspecified atom stereocenters. The number of aliphatic hydroxyl groups is 1. The second-order valence-corrected chi connectivity index (χ2v) is 13.4. The molecule has 0 aromatic carbocycles. The van der Waals surface area contributed by atoms with Crippen molar-refractivity contribution >= 4 is 0 Å². The Kier molecular flexibility index (Phi) is 8.90. The molecule has 3 heteroatoms. The van der Waals surface area contributed by atoms with Gasteiger partial charge in [0.15, 0.2) is 0 Å². The van der Waals surface area contributed by atoms with E-state index in [1.54, 1.807) is 5.57 Å². The van der Waals surface area contributed by atoms with Gasteiger partial charge in [0.1, 0.15) is 0 Å². The van der Waals surface area contributed by atoms with E-state index in [2.05, 4.69) is 40.7 Å². The number of aliphatic hydroxyl groups excluding tert-OH is 1. The van der Waals surface area contributed by atoms with E-state index >= 15 is 0 Å². The Balaban J connectivity index is 1.37. The summed E-state index contributed by atoms with van der Waals surface area (Å²) in [6.07, 6.45) is 18.1. The summed E-state index contributed by atoms with van der Waals surface area (Å²) in [6.45, 7) is 14.4. The predicted octanol–water partition coefficient (Wildman–Crippen LogP) is 7.42. The number of fused-ring (bicyclic) bond motifs is 5. The summed E-state index contributed by atoms with van der Waals surface area (Å²) in [6, 6.07) is 0. The van der Waals surface area contributed by atoms with Gasteiger partial charge < -0.3 is 14.6 Å². The normalized spacial score (nSPS) is 40.4. The third-order valence-corrected chi connectivity index (χ3v) is 11.1. The molecule has 0 aromatic heterocycles. The molecule has 196 valence electrons. The Morgan fingerprint density at radius 3 is 2.56 bits per heavy atom. The monoisotopic (exact) mass is 474 g/mol. The first-order valence-electron chi connectivity index (χ1n) is 14.8. The van der Waals surface area contributed by atoms with Gasteiger partial charge in [0, 0.05) is 0 Å². The summed E-state index contributed by atoms with van der Waals surface area (Å²) in [5.74, 6) is 5.42. The molecule has 0 aromatic rings. The number of allylic oxidation sites excluding steroid dienone is 1. The first kappa shape index (κ1) is 26.7. The molecule has 0 aliphatic heterocycles. The summed E-state index contributed by atoms with van der Waals surface area (Å²) in [7, 11) is 0. The average molecular weight is 475 g/mol. The van der Waals surface area contributed by atoms with Crippen molar-refractivity contribution in [2.75, 3.05) is 26.4 Å². The summed E-state index contributed by atoms with van der Waals surface area (Å²) in [5.41, 5.74) is 2.69.